The Morgan fingerprint density at radius 1 is 0.697 bits per heavy atom. The predicted molar refractivity (Wildman–Crippen MR) is 139 cm³/mol. The second-order valence-corrected chi connectivity index (χ2v) is 10.4. The van der Waals surface area contributed by atoms with Crippen LogP contribution >= 0.6 is 18.6 Å². The molecule has 2 unspecified atom stereocenters. The van der Waals surface area contributed by atoms with Crippen LogP contribution in [0, 0.1) is 0 Å². The van der Waals surface area contributed by atoms with Gasteiger partial charge in [0.05, 0.1) is 0 Å². The van der Waals surface area contributed by atoms with E-state index in [0.29, 0.717) is 0 Å². The van der Waals surface area contributed by atoms with Crippen LogP contribution in [0.2, 0.25) is 0 Å². The molecule has 0 N–H and O–H groups in total. The number of benzene rings is 4. The number of halogens is 2. The zero-order valence-corrected chi connectivity index (χ0v) is 21.4. The number of hydrogen-bond acceptors (Lipinski definition) is 0. The summed E-state index contributed by atoms with van der Waals surface area (Å²) in [6, 6.07) is 38.6. The summed E-state index contributed by atoms with van der Waals surface area (Å²) in [5, 5.41) is 5.00. The Bertz CT molecular complexity index is 1210. The first-order valence-corrected chi connectivity index (χ1v) is 15.2. The van der Waals surface area contributed by atoms with E-state index in [2.05, 4.69) is 104 Å². The van der Waals surface area contributed by atoms with Crippen LogP contribution < -0.4 is 0 Å². The van der Waals surface area contributed by atoms with Gasteiger partial charge in [0.1, 0.15) is 0 Å². The molecule has 0 bridgehead atoms. The Labute approximate surface area is 213 Å². The average molecular weight is 505 g/mol. The van der Waals surface area contributed by atoms with Gasteiger partial charge in [0.15, 0.2) is 0 Å². The van der Waals surface area contributed by atoms with Gasteiger partial charge in [-0.15, -0.1) is 5.69 Å². The topological polar surface area (TPSA) is 14.1 Å². The van der Waals surface area contributed by atoms with Crippen molar-refractivity contribution in [3.05, 3.63) is 142 Å². The summed E-state index contributed by atoms with van der Waals surface area (Å²) in [5.41, 5.74) is 8.96. The number of nitrogens with zero attached hydrogens (tertiary/aromatic N) is 1. The van der Waals surface area contributed by atoms with Crippen molar-refractivity contribution in [1.82, 2.24) is 0 Å². The molecular weight excluding hydrogens is 481 g/mol. The monoisotopic (exact) mass is 504 g/mol. The maximum absolute atomic E-state index is 5.00. The summed E-state index contributed by atoms with van der Waals surface area (Å²) in [5.74, 6) is 0.216. The van der Waals surface area contributed by atoms with Gasteiger partial charge in [-0.1, -0.05) is 128 Å². The first-order chi connectivity index (χ1) is 16.2. The van der Waals surface area contributed by atoms with E-state index < -0.39 is 17.0 Å². The standard InChI is InChI=1S/C29H24N.2ClH.Ti/c1-21(30-24-15-6-3-7-16-24)25-17-10-11-19-27(25)29-26-18-9-8-14-23(26)20-28(29)22-12-4-2-5-13-22;;;/h2-21,29H,1H3;2*1H;/q-1;;;+2/p-2. The van der Waals surface area contributed by atoms with E-state index in [0.717, 1.165) is 5.69 Å². The third kappa shape index (κ3) is 5.62. The molecule has 1 nitrogen and oxygen atoms in total. The van der Waals surface area contributed by atoms with Crippen LogP contribution in [0.5, 0.6) is 0 Å². The normalized spacial score (nSPS) is 14.9. The number of hydrogen-bond donors (Lipinski definition) is 0. The van der Waals surface area contributed by atoms with Crippen LogP contribution in [0.15, 0.2) is 109 Å². The maximum atomic E-state index is 5.00. The molecule has 4 aromatic rings. The minimum absolute atomic E-state index is 0.0772. The molecule has 0 spiro atoms. The molecule has 1 aliphatic rings. The fraction of sp³-hybridized carbons (Fsp3) is 0.103. The second-order valence-electron chi connectivity index (χ2n) is 7.87. The summed E-state index contributed by atoms with van der Waals surface area (Å²) in [6.45, 7) is 2.19. The number of para-hydroxylation sites is 1. The first-order valence-electron chi connectivity index (χ1n) is 10.9. The van der Waals surface area contributed by atoms with E-state index in [-0.39, 0.29) is 12.0 Å². The van der Waals surface area contributed by atoms with Crippen molar-refractivity contribution >= 4 is 35.9 Å². The van der Waals surface area contributed by atoms with Crippen molar-refractivity contribution in [3.8, 4) is 0 Å². The summed E-state index contributed by atoms with van der Waals surface area (Å²) in [4.78, 5) is 0. The fourth-order valence-corrected chi connectivity index (χ4v) is 4.50. The van der Waals surface area contributed by atoms with Crippen LogP contribution in [0.1, 0.15) is 46.7 Å². The third-order valence-electron chi connectivity index (χ3n) is 5.89. The molecule has 0 radical (unpaired) electrons. The molecule has 2 atom stereocenters. The van der Waals surface area contributed by atoms with Gasteiger partial charge in [-0.3, -0.25) is 0 Å². The fourth-order valence-electron chi connectivity index (χ4n) is 4.50. The summed E-state index contributed by atoms with van der Waals surface area (Å²) in [7, 11) is 9.78. The van der Waals surface area contributed by atoms with Gasteiger partial charge in [0.25, 0.3) is 0 Å². The van der Waals surface area contributed by atoms with Crippen molar-refractivity contribution in [2.24, 2.45) is 0 Å². The van der Waals surface area contributed by atoms with Crippen molar-refractivity contribution in [1.29, 1.82) is 0 Å². The van der Waals surface area contributed by atoms with Gasteiger partial charge >= 0.3 is 35.6 Å². The van der Waals surface area contributed by atoms with E-state index in [9.17, 15) is 0 Å². The zero-order chi connectivity index (χ0) is 23.0. The molecule has 0 saturated carbocycles. The van der Waals surface area contributed by atoms with E-state index in [4.69, 9.17) is 23.9 Å². The molecular formula is C29H24Cl2NTi-. The van der Waals surface area contributed by atoms with Crippen LogP contribution in [-0.2, 0) is 17.0 Å². The number of rotatable bonds is 5. The third-order valence-corrected chi connectivity index (χ3v) is 5.89. The van der Waals surface area contributed by atoms with E-state index in [1.807, 2.05) is 18.2 Å². The molecule has 0 amide bonds. The number of allylic oxidation sites excluding steroid dienone is 1. The van der Waals surface area contributed by atoms with Crippen LogP contribution in [-0.4, -0.2) is 0 Å². The quantitative estimate of drug-likeness (QED) is 0.240. The van der Waals surface area contributed by atoms with Gasteiger partial charge in [-0.05, 0) is 33.9 Å². The molecule has 4 heteroatoms. The molecule has 5 rings (SSSR count). The Morgan fingerprint density at radius 2 is 1.24 bits per heavy atom. The van der Waals surface area contributed by atoms with Crippen molar-refractivity contribution in [3.63, 3.8) is 0 Å². The molecule has 0 saturated heterocycles. The summed E-state index contributed by atoms with van der Waals surface area (Å²) in [6.07, 6.45) is 2.35. The van der Waals surface area contributed by atoms with Crippen LogP contribution in [0.4, 0.5) is 5.69 Å². The van der Waals surface area contributed by atoms with Crippen LogP contribution in [0.3, 0.4) is 0 Å². The molecule has 33 heavy (non-hydrogen) atoms. The van der Waals surface area contributed by atoms with E-state index >= 15 is 0 Å². The predicted octanol–water partition coefficient (Wildman–Crippen LogP) is 9.52. The van der Waals surface area contributed by atoms with Crippen molar-refractivity contribution in [2.75, 3.05) is 0 Å². The van der Waals surface area contributed by atoms with Gasteiger partial charge in [-0.2, -0.15) is 0 Å². The first kappa shape index (κ1) is 23.9. The molecule has 4 aromatic carbocycles. The molecule has 0 aromatic heterocycles. The molecule has 0 heterocycles. The zero-order valence-electron chi connectivity index (χ0n) is 18.3. The van der Waals surface area contributed by atoms with E-state index in [1.54, 1.807) is 0 Å². The van der Waals surface area contributed by atoms with Crippen molar-refractivity contribution in [2.45, 2.75) is 18.9 Å². The van der Waals surface area contributed by atoms with Gasteiger partial charge in [0, 0.05) is 5.92 Å². The minimum atomic E-state index is -0.556. The second kappa shape index (κ2) is 11.7. The summed E-state index contributed by atoms with van der Waals surface area (Å²) >= 11 is -0.556. The van der Waals surface area contributed by atoms with Crippen molar-refractivity contribution < 1.29 is 17.0 Å². The molecule has 1 aliphatic carbocycles. The van der Waals surface area contributed by atoms with E-state index in [1.165, 1.54) is 33.4 Å². The number of fused-ring (bicyclic) bond motifs is 1. The molecule has 0 aliphatic heterocycles. The molecule has 164 valence electrons. The summed E-state index contributed by atoms with van der Waals surface area (Å²) < 4.78 is 0. The van der Waals surface area contributed by atoms with Gasteiger partial charge < -0.3 is 5.32 Å². The Hall–Kier alpha value is -2.29. The van der Waals surface area contributed by atoms with Crippen LogP contribution in [0.25, 0.3) is 17.0 Å². The Morgan fingerprint density at radius 3 is 1.94 bits per heavy atom. The SMILES string of the molecule is CC([N-]c1ccccc1)c1ccccc1C1C(c2ccccc2)=Cc2ccccc21.[Cl][Ti][Cl]. The average Bonchev–Trinajstić information content (AvgIpc) is 3.25. The Kier molecular flexibility index (Phi) is 8.48. The Balaban J connectivity index is 0.000000821. The molecule has 0 fully saturated rings. The van der Waals surface area contributed by atoms with Gasteiger partial charge in [0.2, 0.25) is 0 Å². The van der Waals surface area contributed by atoms with Gasteiger partial charge in [-0.25, -0.2) is 0 Å².